The Kier molecular flexibility index (Phi) is 3.78. The largest absolute Gasteiger partial charge is 0.497 e. The van der Waals surface area contributed by atoms with Crippen molar-refractivity contribution in [3.63, 3.8) is 0 Å². The van der Waals surface area contributed by atoms with Crippen LogP contribution in [0.5, 0.6) is 11.8 Å². The molecule has 1 aromatic heterocycles. The van der Waals surface area contributed by atoms with Crippen LogP contribution < -0.4 is 15.2 Å². The van der Waals surface area contributed by atoms with Crippen LogP contribution in [0.4, 0.5) is 5.95 Å². The van der Waals surface area contributed by atoms with Crippen molar-refractivity contribution in [3.05, 3.63) is 35.1 Å². The van der Waals surface area contributed by atoms with E-state index < -0.39 is 0 Å². The van der Waals surface area contributed by atoms with Crippen molar-refractivity contribution >= 4 is 17.5 Å². The van der Waals surface area contributed by atoms with E-state index in [2.05, 4.69) is 15.0 Å². The number of hydrogen-bond acceptors (Lipinski definition) is 6. The fourth-order valence-electron chi connectivity index (χ4n) is 1.28. The van der Waals surface area contributed by atoms with E-state index in [1.807, 2.05) is 24.3 Å². The molecular formula is C11H11ClN4O2. The Morgan fingerprint density at radius 1 is 1.17 bits per heavy atom. The Morgan fingerprint density at radius 3 is 2.50 bits per heavy atom. The number of halogens is 1. The van der Waals surface area contributed by atoms with Crippen molar-refractivity contribution < 1.29 is 9.47 Å². The third-order valence-corrected chi connectivity index (χ3v) is 2.30. The van der Waals surface area contributed by atoms with Gasteiger partial charge in [-0.25, -0.2) is 0 Å². The molecule has 18 heavy (non-hydrogen) atoms. The predicted octanol–water partition coefficient (Wildman–Crippen LogP) is 1.69. The van der Waals surface area contributed by atoms with E-state index >= 15 is 0 Å². The maximum absolute atomic E-state index is 5.63. The maximum Gasteiger partial charge on any atom is 0.322 e. The van der Waals surface area contributed by atoms with E-state index in [1.165, 1.54) is 0 Å². The van der Waals surface area contributed by atoms with Crippen LogP contribution in [0.2, 0.25) is 5.28 Å². The Balaban J connectivity index is 2.01. The second-order valence-electron chi connectivity index (χ2n) is 3.38. The van der Waals surface area contributed by atoms with E-state index in [-0.39, 0.29) is 17.2 Å². The summed E-state index contributed by atoms with van der Waals surface area (Å²) in [6.07, 6.45) is 0. The van der Waals surface area contributed by atoms with Crippen molar-refractivity contribution in [3.8, 4) is 11.8 Å². The van der Waals surface area contributed by atoms with Crippen LogP contribution in [-0.2, 0) is 6.61 Å². The lowest BCUT2D eigenvalue weighted by atomic mass is 10.2. The summed E-state index contributed by atoms with van der Waals surface area (Å²) in [7, 11) is 1.61. The number of hydrogen-bond donors (Lipinski definition) is 1. The fourth-order valence-corrected chi connectivity index (χ4v) is 1.44. The zero-order valence-corrected chi connectivity index (χ0v) is 10.4. The zero-order chi connectivity index (χ0) is 13.0. The summed E-state index contributed by atoms with van der Waals surface area (Å²) in [4.78, 5) is 11.2. The second kappa shape index (κ2) is 5.50. The van der Waals surface area contributed by atoms with Gasteiger partial charge in [0.25, 0.3) is 0 Å². The zero-order valence-electron chi connectivity index (χ0n) is 9.63. The first-order valence-corrected chi connectivity index (χ1v) is 5.48. The van der Waals surface area contributed by atoms with Gasteiger partial charge in [0.05, 0.1) is 7.11 Å². The highest BCUT2D eigenvalue weighted by Gasteiger charge is 2.04. The second-order valence-corrected chi connectivity index (χ2v) is 3.72. The average Bonchev–Trinajstić information content (AvgIpc) is 2.36. The maximum atomic E-state index is 5.63. The molecule has 1 aromatic carbocycles. The third-order valence-electron chi connectivity index (χ3n) is 2.13. The first-order valence-electron chi connectivity index (χ1n) is 5.10. The lowest BCUT2D eigenvalue weighted by Crippen LogP contribution is -2.03. The van der Waals surface area contributed by atoms with Crippen LogP contribution in [0.3, 0.4) is 0 Å². The van der Waals surface area contributed by atoms with Crippen molar-refractivity contribution in [2.75, 3.05) is 12.8 Å². The minimum absolute atomic E-state index is 0.00670. The molecule has 2 rings (SSSR count). The summed E-state index contributed by atoms with van der Waals surface area (Å²) in [5.74, 6) is 0.811. The predicted molar refractivity (Wildman–Crippen MR) is 66.6 cm³/mol. The molecule has 0 aliphatic carbocycles. The number of nitrogen functional groups attached to an aromatic ring is 1. The standard InChI is InChI=1S/C11H11ClN4O2/c1-17-8-4-2-7(3-5-8)6-18-11-15-9(12)14-10(13)16-11/h2-5H,6H2,1H3,(H2,13,14,15,16). The van der Waals surface area contributed by atoms with E-state index in [0.717, 1.165) is 11.3 Å². The molecule has 7 heteroatoms. The van der Waals surface area contributed by atoms with Crippen molar-refractivity contribution in [2.24, 2.45) is 0 Å². The monoisotopic (exact) mass is 266 g/mol. The van der Waals surface area contributed by atoms with Crippen molar-refractivity contribution in [1.82, 2.24) is 15.0 Å². The summed E-state index contributed by atoms with van der Waals surface area (Å²) in [5, 5.41) is 0.00670. The summed E-state index contributed by atoms with van der Waals surface area (Å²) in [5.41, 5.74) is 6.37. The highest BCUT2D eigenvalue weighted by molar-refractivity contribution is 6.28. The summed E-state index contributed by atoms with van der Waals surface area (Å²) >= 11 is 5.63. The first kappa shape index (κ1) is 12.4. The number of rotatable bonds is 4. The van der Waals surface area contributed by atoms with Crippen LogP contribution in [0, 0.1) is 0 Å². The summed E-state index contributed by atoms with van der Waals surface area (Å²) < 4.78 is 10.4. The van der Waals surface area contributed by atoms with E-state index in [9.17, 15) is 0 Å². The van der Waals surface area contributed by atoms with Gasteiger partial charge in [0.2, 0.25) is 11.2 Å². The Bertz CT molecular complexity index is 513. The molecule has 1 heterocycles. The topological polar surface area (TPSA) is 83.2 Å². The quantitative estimate of drug-likeness (QED) is 0.907. The molecule has 0 amide bonds. The minimum Gasteiger partial charge on any atom is -0.497 e. The van der Waals surface area contributed by atoms with Gasteiger partial charge in [0.1, 0.15) is 12.4 Å². The molecule has 0 saturated carbocycles. The highest BCUT2D eigenvalue weighted by Crippen LogP contribution is 2.14. The van der Waals surface area contributed by atoms with Crippen molar-refractivity contribution in [2.45, 2.75) is 6.61 Å². The summed E-state index contributed by atoms with van der Waals surface area (Å²) in [6.45, 7) is 0.309. The number of anilines is 1. The lowest BCUT2D eigenvalue weighted by Gasteiger charge is -2.05. The molecule has 0 bridgehead atoms. The van der Waals surface area contributed by atoms with E-state index in [1.54, 1.807) is 7.11 Å². The molecule has 0 atom stereocenters. The molecule has 0 unspecified atom stereocenters. The molecule has 0 aliphatic heterocycles. The van der Waals surface area contributed by atoms with Gasteiger partial charge in [0.15, 0.2) is 0 Å². The van der Waals surface area contributed by atoms with E-state index in [4.69, 9.17) is 26.8 Å². The first-order chi connectivity index (χ1) is 8.67. The number of methoxy groups -OCH3 is 1. The Morgan fingerprint density at radius 2 is 1.89 bits per heavy atom. The molecule has 0 radical (unpaired) electrons. The van der Waals surface area contributed by atoms with Crippen LogP contribution in [-0.4, -0.2) is 22.1 Å². The number of nitrogens with zero attached hydrogens (tertiary/aromatic N) is 3. The van der Waals surface area contributed by atoms with Gasteiger partial charge in [0, 0.05) is 0 Å². The average molecular weight is 267 g/mol. The summed E-state index contributed by atoms with van der Waals surface area (Å²) in [6, 6.07) is 7.54. The number of aromatic nitrogens is 3. The highest BCUT2D eigenvalue weighted by atomic mass is 35.5. The molecule has 0 aliphatic rings. The van der Waals surface area contributed by atoms with Gasteiger partial charge in [-0.1, -0.05) is 12.1 Å². The molecule has 2 N–H and O–H groups in total. The number of benzene rings is 1. The van der Waals surface area contributed by atoms with Gasteiger partial charge < -0.3 is 15.2 Å². The SMILES string of the molecule is COc1ccc(COc2nc(N)nc(Cl)n2)cc1. The molecule has 0 fully saturated rings. The Labute approximate surface area is 109 Å². The Hall–Kier alpha value is -2.08. The van der Waals surface area contributed by atoms with E-state index in [0.29, 0.717) is 6.61 Å². The van der Waals surface area contributed by atoms with Crippen molar-refractivity contribution in [1.29, 1.82) is 0 Å². The molecule has 6 nitrogen and oxygen atoms in total. The third kappa shape index (κ3) is 3.21. The number of ether oxygens (including phenoxy) is 2. The molecule has 2 aromatic rings. The van der Waals surface area contributed by atoms with Crippen LogP contribution in [0.1, 0.15) is 5.56 Å². The normalized spacial score (nSPS) is 10.1. The fraction of sp³-hybridized carbons (Fsp3) is 0.182. The van der Waals surface area contributed by atoms with Gasteiger partial charge in [-0.05, 0) is 29.3 Å². The minimum atomic E-state index is 0.00670. The molecule has 0 spiro atoms. The van der Waals surface area contributed by atoms with Gasteiger partial charge in [-0.3, -0.25) is 0 Å². The van der Waals surface area contributed by atoms with Crippen LogP contribution in [0.15, 0.2) is 24.3 Å². The molecule has 0 saturated heterocycles. The van der Waals surface area contributed by atoms with Gasteiger partial charge in [-0.15, -0.1) is 0 Å². The smallest absolute Gasteiger partial charge is 0.322 e. The molecule has 94 valence electrons. The van der Waals surface area contributed by atoms with Crippen LogP contribution in [0.25, 0.3) is 0 Å². The number of nitrogens with two attached hydrogens (primary N) is 1. The lowest BCUT2D eigenvalue weighted by molar-refractivity contribution is 0.280. The van der Waals surface area contributed by atoms with Gasteiger partial charge >= 0.3 is 6.01 Å². The molecular weight excluding hydrogens is 256 g/mol. The van der Waals surface area contributed by atoms with Crippen LogP contribution >= 0.6 is 11.6 Å². The van der Waals surface area contributed by atoms with Gasteiger partial charge in [-0.2, -0.15) is 15.0 Å².